The quantitative estimate of drug-likeness (QED) is 0.244. The molecule has 1 saturated carbocycles. The number of hydrogen-bond donors (Lipinski definition) is 5. The summed E-state index contributed by atoms with van der Waals surface area (Å²) in [6.45, 7) is 7.73. The second-order valence-corrected chi connectivity index (χ2v) is 11.3. The molecule has 0 radical (unpaired) electrons. The summed E-state index contributed by atoms with van der Waals surface area (Å²) >= 11 is 0. The highest BCUT2D eigenvalue weighted by atomic mass is 16.4. The Kier molecular flexibility index (Phi) is 13.4. The van der Waals surface area contributed by atoms with Crippen LogP contribution in [0.5, 0.6) is 0 Å². The highest BCUT2D eigenvalue weighted by molar-refractivity contribution is 6.03. The van der Waals surface area contributed by atoms with Gasteiger partial charge in [-0.15, -0.1) is 0 Å². The number of carboxylic acids is 2. The number of nitrogens with zero attached hydrogens (tertiary/aromatic N) is 2. The fourth-order valence-corrected chi connectivity index (χ4v) is 4.69. The van der Waals surface area contributed by atoms with Crippen LogP contribution in [-0.4, -0.2) is 58.0 Å². The van der Waals surface area contributed by atoms with E-state index in [2.05, 4.69) is 41.8 Å². The van der Waals surface area contributed by atoms with Gasteiger partial charge in [0.2, 0.25) is 0 Å². The lowest BCUT2D eigenvalue weighted by Crippen LogP contribution is -2.41. The first-order valence-corrected chi connectivity index (χ1v) is 14.2. The van der Waals surface area contributed by atoms with Gasteiger partial charge in [0.05, 0.1) is 11.2 Å². The van der Waals surface area contributed by atoms with Crippen LogP contribution in [0.1, 0.15) is 69.4 Å². The zero-order valence-electron chi connectivity index (χ0n) is 25.5. The highest BCUT2D eigenvalue weighted by Crippen LogP contribution is 2.29. The van der Waals surface area contributed by atoms with Crippen molar-refractivity contribution in [1.82, 2.24) is 20.4 Å². The molecular weight excluding hydrogens is 534 g/mol. The van der Waals surface area contributed by atoms with E-state index in [0.29, 0.717) is 17.9 Å². The summed E-state index contributed by atoms with van der Waals surface area (Å²) in [5, 5.41) is 30.5. The Morgan fingerprint density at radius 2 is 1.52 bits per heavy atom. The SMILES string of the molecule is CC(=O)O.CC(C)(C)n1nc(C(=O)Nc2ccc(CN[C@@H](C(=O)O)C3CCCC3)cc2)cc1-c1ccccc1.CNC. The number of aromatic nitrogens is 2. The second-order valence-electron chi connectivity index (χ2n) is 11.3. The van der Waals surface area contributed by atoms with E-state index in [4.69, 9.17) is 9.90 Å². The fraction of sp³-hybridized carbons (Fsp3) is 0.438. The predicted octanol–water partition coefficient (Wildman–Crippen LogP) is 5.22. The molecule has 0 aliphatic heterocycles. The molecule has 42 heavy (non-hydrogen) atoms. The summed E-state index contributed by atoms with van der Waals surface area (Å²) < 4.78 is 1.88. The largest absolute Gasteiger partial charge is 0.481 e. The molecule has 4 rings (SSSR count). The smallest absolute Gasteiger partial charge is 0.320 e. The van der Waals surface area contributed by atoms with Crippen LogP contribution >= 0.6 is 0 Å². The van der Waals surface area contributed by atoms with Crippen molar-refractivity contribution in [3.63, 3.8) is 0 Å². The van der Waals surface area contributed by atoms with Crippen molar-refractivity contribution in [2.45, 2.75) is 71.5 Å². The van der Waals surface area contributed by atoms with Gasteiger partial charge in [0.1, 0.15) is 6.04 Å². The average Bonchev–Trinajstić information content (AvgIpc) is 3.61. The van der Waals surface area contributed by atoms with E-state index in [1.807, 2.05) is 79.4 Å². The number of anilines is 1. The summed E-state index contributed by atoms with van der Waals surface area (Å²) in [6, 6.07) is 18.7. The van der Waals surface area contributed by atoms with E-state index >= 15 is 0 Å². The monoisotopic (exact) mass is 579 g/mol. The number of nitrogens with one attached hydrogen (secondary N) is 3. The molecule has 10 nitrogen and oxygen atoms in total. The molecular formula is C32H45N5O5. The highest BCUT2D eigenvalue weighted by Gasteiger charge is 2.30. The van der Waals surface area contributed by atoms with Crippen LogP contribution in [0.15, 0.2) is 60.7 Å². The number of amides is 1. The molecule has 0 unspecified atom stereocenters. The summed E-state index contributed by atoms with van der Waals surface area (Å²) in [5.41, 5.74) is 3.59. The van der Waals surface area contributed by atoms with Crippen molar-refractivity contribution in [3.8, 4) is 11.3 Å². The Bertz CT molecular complexity index is 1270. The second kappa shape index (κ2) is 16.4. The van der Waals surface area contributed by atoms with Gasteiger partial charge in [-0.2, -0.15) is 5.10 Å². The third kappa shape index (κ3) is 10.8. The van der Waals surface area contributed by atoms with Crippen molar-refractivity contribution in [3.05, 3.63) is 71.9 Å². The molecule has 0 saturated heterocycles. The minimum atomic E-state index is -0.833. The van der Waals surface area contributed by atoms with Gasteiger partial charge in [-0.3, -0.25) is 19.1 Å². The molecule has 2 aromatic carbocycles. The lowest BCUT2D eigenvalue weighted by molar-refractivity contribution is -0.141. The van der Waals surface area contributed by atoms with Gasteiger partial charge in [-0.25, -0.2) is 0 Å². The van der Waals surface area contributed by atoms with E-state index in [0.717, 1.165) is 49.4 Å². The van der Waals surface area contributed by atoms with Crippen molar-refractivity contribution < 1.29 is 24.6 Å². The van der Waals surface area contributed by atoms with Crippen LogP contribution in [0.25, 0.3) is 11.3 Å². The fourth-order valence-electron chi connectivity index (χ4n) is 4.69. The Hall–Kier alpha value is -4.02. The van der Waals surface area contributed by atoms with E-state index in [9.17, 15) is 14.7 Å². The lowest BCUT2D eigenvalue weighted by Gasteiger charge is -2.22. The molecule has 1 amide bonds. The first-order chi connectivity index (χ1) is 19.9. The summed E-state index contributed by atoms with van der Waals surface area (Å²) in [6.07, 6.45) is 4.13. The molecule has 0 bridgehead atoms. The zero-order chi connectivity index (χ0) is 31.3. The van der Waals surface area contributed by atoms with Gasteiger partial charge in [0.15, 0.2) is 5.69 Å². The van der Waals surface area contributed by atoms with Crippen molar-refractivity contribution >= 4 is 23.5 Å². The zero-order valence-corrected chi connectivity index (χ0v) is 25.5. The molecule has 1 heterocycles. The van der Waals surface area contributed by atoms with Crippen molar-refractivity contribution in [2.75, 3.05) is 19.4 Å². The topological polar surface area (TPSA) is 146 Å². The molecule has 3 aromatic rings. The maximum Gasteiger partial charge on any atom is 0.320 e. The number of hydrogen-bond acceptors (Lipinski definition) is 6. The minimum Gasteiger partial charge on any atom is -0.481 e. The maximum absolute atomic E-state index is 13.0. The molecule has 1 fully saturated rings. The average molecular weight is 580 g/mol. The number of rotatable bonds is 8. The van der Waals surface area contributed by atoms with Crippen LogP contribution in [-0.2, 0) is 21.7 Å². The molecule has 1 aliphatic carbocycles. The van der Waals surface area contributed by atoms with Gasteiger partial charge in [0, 0.05) is 19.2 Å². The number of aliphatic carboxylic acids is 2. The Balaban J connectivity index is 0.000000797. The Morgan fingerprint density at radius 3 is 2.02 bits per heavy atom. The molecule has 228 valence electrons. The summed E-state index contributed by atoms with van der Waals surface area (Å²) in [4.78, 5) is 33.7. The molecule has 0 spiro atoms. The molecule has 1 atom stereocenters. The van der Waals surface area contributed by atoms with Gasteiger partial charge < -0.3 is 26.2 Å². The van der Waals surface area contributed by atoms with Crippen LogP contribution in [0.2, 0.25) is 0 Å². The summed E-state index contributed by atoms with van der Waals surface area (Å²) in [7, 11) is 3.75. The predicted molar refractivity (Wildman–Crippen MR) is 166 cm³/mol. The van der Waals surface area contributed by atoms with E-state index < -0.39 is 18.0 Å². The Labute approximate surface area is 248 Å². The van der Waals surface area contributed by atoms with Gasteiger partial charge in [0.25, 0.3) is 11.9 Å². The molecule has 5 N–H and O–H groups in total. The number of carbonyl (C=O) groups is 3. The number of carbonyl (C=O) groups excluding carboxylic acids is 1. The van der Waals surface area contributed by atoms with Crippen LogP contribution < -0.4 is 16.0 Å². The van der Waals surface area contributed by atoms with Crippen LogP contribution in [0.4, 0.5) is 5.69 Å². The summed E-state index contributed by atoms with van der Waals surface area (Å²) in [5.74, 6) is -1.70. The third-order valence-electron chi connectivity index (χ3n) is 6.52. The molecule has 1 aliphatic rings. The van der Waals surface area contributed by atoms with Gasteiger partial charge >= 0.3 is 5.97 Å². The minimum absolute atomic E-state index is 0.194. The van der Waals surface area contributed by atoms with Gasteiger partial charge in [-0.1, -0.05) is 55.3 Å². The van der Waals surface area contributed by atoms with E-state index in [1.165, 1.54) is 0 Å². The lowest BCUT2D eigenvalue weighted by atomic mass is 9.98. The Morgan fingerprint density at radius 1 is 0.976 bits per heavy atom. The van der Waals surface area contributed by atoms with Crippen LogP contribution in [0.3, 0.4) is 0 Å². The number of benzene rings is 2. The first-order valence-electron chi connectivity index (χ1n) is 14.2. The third-order valence-corrected chi connectivity index (χ3v) is 6.52. The van der Waals surface area contributed by atoms with Gasteiger partial charge in [-0.05, 0) is 83.0 Å². The first kappa shape index (κ1) is 34.2. The molecule has 1 aromatic heterocycles. The normalized spacial score (nSPS) is 13.7. The van der Waals surface area contributed by atoms with Crippen molar-refractivity contribution in [1.29, 1.82) is 0 Å². The van der Waals surface area contributed by atoms with E-state index in [-0.39, 0.29) is 17.4 Å². The van der Waals surface area contributed by atoms with Crippen LogP contribution in [0, 0.1) is 5.92 Å². The standard InChI is InChI=1S/C28H34N4O3.C2H7N.C2H4O2/c1-28(2,3)32-24(20-9-5-4-6-10-20)17-23(31-32)26(33)30-22-15-13-19(14-16-22)18-29-25(27(34)35)21-11-7-8-12-21;1-3-2;1-2(3)4/h4-6,9-10,13-17,21,25,29H,7-8,11-12,18H2,1-3H3,(H,30,33)(H,34,35);3H,1-2H3;1H3,(H,3,4)/t25-;;/m1../s1. The maximum atomic E-state index is 13.0. The van der Waals surface area contributed by atoms with E-state index in [1.54, 1.807) is 0 Å². The number of carboxylic acid groups (broad SMARTS) is 2. The molecule has 10 heteroatoms. The van der Waals surface area contributed by atoms with Crippen molar-refractivity contribution in [2.24, 2.45) is 5.92 Å².